The molecule has 3 aromatic rings. The largest absolute Gasteiger partial charge is 0.492 e. The van der Waals surface area contributed by atoms with Crippen molar-refractivity contribution in [3.63, 3.8) is 0 Å². The standard InChI is InChI=1S/C20H20N4O3/c21-19-15(11-14-5-4-8-18-17(14)13-26-27-18)12-23-20(24-19)22-9-10-25-16-6-2-1-3-7-16/h1-8,12H,9-11,13H2,(H3,21,22,23,24). The van der Waals surface area contributed by atoms with Crippen molar-refractivity contribution >= 4 is 11.8 Å². The first-order valence-electron chi connectivity index (χ1n) is 8.73. The van der Waals surface area contributed by atoms with Gasteiger partial charge in [-0.25, -0.2) is 4.98 Å². The molecular formula is C20H20N4O3. The van der Waals surface area contributed by atoms with Crippen molar-refractivity contribution in [2.45, 2.75) is 13.0 Å². The van der Waals surface area contributed by atoms with Gasteiger partial charge in [-0.15, -0.1) is 0 Å². The van der Waals surface area contributed by atoms with Crippen molar-refractivity contribution in [1.29, 1.82) is 0 Å². The number of nitrogens with one attached hydrogen (secondary N) is 1. The predicted molar refractivity (Wildman–Crippen MR) is 102 cm³/mol. The fourth-order valence-electron chi connectivity index (χ4n) is 2.87. The van der Waals surface area contributed by atoms with Crippen LogP contribution in [0, 0.1) is 0 Å². The van der Waals surface area contributed by atoms with Crippen LogP contribution >= 0.6 is 0 Å². The molecule has 0 bridgehead atoms. The van der Waals surface area contributed by atoms with Crippen LogP contribution in [0.4, 0.5) is 11.8 Å². The van der Waals surface area contributed by atoms with Crippen LogP contribution in [-0.4, -0.2) is 23.1 Å². The first kappa shape index (κ1) is 17.1. The topological polar surface area (TPSA) is 91.5 Å². The van der Waals surface area contributed by atoms with E-state index in [-0.39, 0.29) is 0 Å². The Balaban J connectivity index is 1.35. The second-order valence-corrected chi connectivity index (χ2v) is 6.11. The van der Waals surface area contributed by atoms with E-state index < -0.39 is 0 Å². The fourth-order valence-corrected chi connectivity index (χ4v) is 2.87. The van der Waals surface area contributed by atoms with E-state index in [4.69, 9.17) is 20.2 Å². The SMILES string of the molecule is Nc1nc(NCCOc2ccccc2)ncc1Cc1cccc2c1COO2. The lowest BCUT2D eigenvalue weighted by molar-refractivity contribution is -0.194. The summed E-state index contributed by atoms with van der Waals surface area (Å²) in [6.07, 6.45) is 2.37. The maximum atomic E-state index is 6.12. The molecule has 2 aromatic carbocycles. The number of benzene rings is 2. The third-order valence-corrected chi connectivity index (χ3v) is 4.26. The van der Waals surface area contributed by atoms with E-state index in [2.05, 4.69) is 15.3 Å². The van der Waals surface area contributed by atoms with Crippen molar-refractivity contribution in [1.82, 2.24) is 9.97 Å². The number of fused-ring (bicyclic) bond motifs is 1. The number of hydrogen-bond donors (Lipinski definition) is 2. The molecule has 0 saturated carbocycles. The highest BCUT2D eigenvalue weighted by Gasteiger charge is 2.18. The van der Waals surface area contributed by atoms with Crippen LogP contribution < -0.4 is 20.7 Å². The van der Waals surface area contributed by atoms with Crippen molar-refractivity contribution in [3.05, 3.63) is 71.4 Å². The number of nitrogen functional groups attached to an aromatic ring is 1. The first-order valence-corrected chi connectivity index (χ1v) is 8.73. The number of ether oxygens (including phenoxy) is 1. The zero-order valence-electron chi connectivity index (χ0n) is 14.7. The number of rotatable bonds is 7. The van der Waals surface area contributed by atoms with Gasteiger partial charge in [-0.05, 0) is 23.8 Å². The molecule has 0 amide bonds. The summed E-state index contributed by atoms with van der Waals surface area (Å²) in [5, 5.41) is 3.12. The number of nitrogens with zero attached hydrogens (tertiary/aromatic N) is 2. The van der Waals surface area contributed by atoms with Gasteiger partial charge in [-0.3, -0.25) is 0 Å². The molecule has 0 radical (unpaired) electrons. The molecule has 7 heteroatoms. The van der Waals surface area contributed by atoms with Crippen LogP contribution in [0.15, 0.2) is 54.7 Å². The number of nitrogens with two attached hydrogens (primary N) is 1. The molecule has 0 saturated heterocycles. The Bertz CT molecular complexity index is 918. The van der Waals surface area contributed by atoms with Crippen molar-refractivity contribution in [3.8, 4) is 11.5 Å². The van der Waals surface area contributed by atoms with Gasteiger partial charge in [0.1, 0.15) is 24.8 Å². The number of anilines is 2. The van der Waals surface area contributed by atoms with Crippen molar-refractivity contribution in [2.75, 3.05) is 24.2 Å². The van der Waals surface area contributed by atoms with Crippen molar-refractivity contribution < 1.29 is 14.5 Å². The Morgan fingerprint density at radius 3 is 2.81 bits per heavy atom. The number of aromatic nitrogens is 2. The van der Waals surface area contributed by atoms with Gasteiger partial charge in [-0.2, -0.15) is 9.87 Å². The van der Waals surface area contributed by atoms with Gasteiger partial charge < -0.3 is 20.7 Å². The van der Waals surface area contributed by atoms with E-state index in [0.717, 1.165) is 28.2 Å². The van der Waals surface area contributed by atoms with E-state index in [1.54, 1.807) is 6.20 Å². The van der Waals surface area contributed by atoms with Gasteiger partial charge in [0.25, 0.3) is 0 Å². The monoisotopic (exact) mass is 364 g/mol. The fraction of sp³-hybridized carbons (Fsp3) is 0.200. The number of hydrogen-bond acceptors (Lipinski definition) is 7. The van der Waals surface area contributed by atoms with Crippen LogP contribution in [0.3, 0.4) is 0 Å². The highest BCUT2D eigenvalue weighted by Crippen LogP contribution is 2.30. The zero-order chi connectivity index (χ0) is 18.5. The molecule has 138 valence electrons. The summed E-state index contributed by atoms with van der Waals surface area (Å²) in [6.45, 7) is 1.52. The second-order valence-electron chi connectivity index (χ2n) is 6.11. The van der Waals surface area contributed by atoms with Crippen LogP contribution in [-0.2, 0) is 17.9 Å². The van der Waals surface area contributed by atoms with E-state index in [0.29, 0.717) is 37.9 Å². The third kappa shape index (κ3) is 4.09. The minimum absolute atomic E-state index is 0.438. The minimum Gasteiger partial charge on any atom is -0.492 e. The minimum atomic E-state index is 0.438. The van der Waals surface area contributed by atoms with Gasteiger partial charge >= 0.3 is 0 Å². The summed E-state index contributed by atoms with van der Waals surface area (Å²) >= 11 is 0. The molecule has 3 N–H and O–H groups in total. The Morgan fingerprint density at radius 1 is 1.07 bits per heavy atom. The van der Waals surface area contributed by atoms with Crippen molar-refractivity contribution in [2.24, 2.45) is 0 Å². The first-order chi connectivity index (χ1) is 13.3. The average Bonchev–Trinajstić information content (AvgIpc) is 3.18. The number of para-hydroxylation sites is 1. The molecule has 0 aliphatic carbocycles. The van der Waals surface area contributed by atoms with Gasteiger partial charge in [0.15, 0.2) is 5.75 Å². The molecule has 27 heavy (non-hydrogen) atoms. The molecular weight excluding hydrogens is 344 g/mol. The summed E-state index contributed by atoms with van der Waals surface area (Å²) in [6, 6.07) is 15.5. The van der Waals surface area contributed by atoms with Gasteiger partial charge in [0.05, 0.1) is 6.54 Å². The predicted octanol–water partition coefficient (Wildman–Crippen LogP) is 2.96. The quantitative estimate of drug-likeness (QED) is 0.492. The van der Waals surface area contributed by atoms with E-state index in [1.165, 1.54) is 0 Å². The summed E-state index contributed by atoms with van der Waals surface area (Å²) < 4.78 is 5.63. The average molecular weight is 364 g/mol. The smallest absolute Gasteiger partial charge is 0.224 e. The molecule has 0 atom stereocenters. The normalized spacial score (nSPS) is 12.3. The summed E-state index contributed by atoms with van der Waals surface area (Å²) in [7, 11) is 0. The summed E-state index contributed by atoms with van der Waals surface area (Å²) in [4.78, 5) is 18.9. The van der Waals surface area contributed by atoms with Crippen LogP contribution in [0.25, 0.3) is 0 Å². The lowest BCUT2D eigenvalue weighted by Crippen LogP contribution is -2.14. The molecule has 0 fully saturated rings. The third-order valence-electron chi connectivity index (χ3n) is 4.26. The Morgan fingerprint density at radius 2 is 1.96 bits per heavy atom. The Kier molecular flexibility index (Phi) is 5.02. The molecule has 1 aromatic heterocycles. The van der Waals surface area contributed by atoms with Gasteiger partial charge in [0.2, 0.25) is 5.95 Å². The van der Waals surface area contributed by atoms with E-state index in [9.17, 15) is 0 Å². The van der Waals surface area contributed by atoms with E-state index in [1.807, 2.05) is 48.5 Å². The summed E-state index contributed by atoms with van der Waals surface area (Å²) in [5.41, 5.74) is 9.12. The lowest BCUT2D eigenvalue weighted by atomic mass is 10.0. The highest BCUT2D eigenvalue weighted by atomic mass is 17.2. The molecule has 0 spiro atoms. The van der Waals surface area contributed by atoms with Crippen LogP contribution in [0.2, 0.25) is 0 Å². The zero-order valence-corrected chi connectivity index (χ0v) is 14.7. The Hall–Kier alpha value is -3.32. The van der Waals surface area contributed by atoms with Crippen LogP contribution in [0.1, 0.15) is 16.7 Å². The molecule has 4 rings (SSSR count). The van der Waals surface area contributed by atoms with E-state index >= 15 is 0 Å². The van der Waals surface area contributed by atoms with Gasteiger partial charge in [0, 0.05) is 23.7 Å². The molecule has 1 aliphatic rings. The van der Waals surface area contributed by atoms with Crippen LogP contribution in [0.5, 0.6) is 11.5 Å². The highest BCUT2D eigenvalue weighted by molar-refractivity contribution is 5.49. The second kappa shape index (κ2) is 7.92. The molecule has 1 aliphatic heterocycles. The Labute approximate surface area is 157 Å². The maximum absolute atomic E-state index is 6.12. The summed E-state index contributed by atoms with van der Waals surface area (Å²) in [5.74, 6) is 2.52. The molecule has 7 nitrogen and oxygen atoms in total. The lowest BCUT2D eigenvalue weighted by Gasteiger charge is -2.10. The molecule has 2 heterocycles. The molecule has 0 unspecified atom stereocenters. The maximum Gasteiger partial charge on any atom is 0.224 e. The van der Waals surface area contributed by atoms with Gasteiger partial charge in [-0.1, -0.05) is 30.3 Å².